The molecule has 1 unspecified atom stereocenters. The number of piperidine rings is 1. The van der Waals surface area contributed by atoms with E-state index in [9.17, 15) is 23.5 Å². The summed E-state index contributed by atoms with van der Waals surface area (Å²) in [5, 5.41) is 9.55. The Kier molecular flexibility index (Phi) is 5.15. The van der Waals surface area contributed by atoms with Gasteiger partial charge in [0.2, 0.25) is 0 Å². The van der Waals surface area contributed by atoms with E-state index < -0.39 is 23.4 Å². The highest BCUT2D eigenvalue weighted by Crippen LogP contribution is 2.37. The molecule has 0 radical (unpaired) electrons. The third-order valence-corrected chi connectivity index (χ3v) is 5.38. The summed E-state index contributed by atoms with van der Waals surface area (Å²) in [6.45, 7) is 0.941. The molecule has 0 aromatic heterocycles. The number of nitrogens with zero attached hydrogens (tertiary/aromatic N) is 2. The average Bonchev–Trinajstić information content (AvgIpc) is 2.99. The van der Waals surface area contributed by atoms with Gasteiger partial charge in [-0.3, -0.25) is 9.59 Å². The quantitative estimate of drug-likeness (QED) is 0.805. The van der Waals surface area contributed by atoms with Crippen LogP contribution in [0.15, 0.2) is 54.2 Å². The zero-order valence-electron chi connectivity index (χ0n) is 15.6. The molecule has 1 atom stereocenters. The molecule has 2 aliphatic heterocycles. The van der Waals surface area contributed by atoms with Crippen LogP contribution in [-0.2, 0) is 9.59 Å². The van der Waals surface area contributed by atoms with Gasteiger partial charge in [-0.1, -0.05) is 24.3 Å². The first-order valence-corrected chi connectivity index (χ1v) is 9.50. The van der Waals surface area contributed by atoms with Crippen molar-refractivity contribution in [3.63, 3.8) is 0 Å². The second kappa shape index (κ2) is 7.75. The van der Waals surface area contributed by atoms with Crippen molar-refractivity contribution in [1.82, 2.24) is 4.90 Å². The molecule has 2 aliphatic rings. The van der Waals surface area contributed by atoms with E-state index in [1.165, 1.54) is 42.5 Å². The van der Waals surface area contributed by atoms with Crippen LogP contribution in [0.2, 0.25) is 0 Å². The third-order valence-electron chi connectivity index (χ3n) is 5.38. The topological polar surface area (TPSA) is 60.9 Å². The largest absolute Gasteiger partial charge is 0.396 e. The predicted octanol–water partition coefficient (Wildman–Crippen LogP) is 2.95. The molecule has 4 rings (SSSR count). The van der Waals surface area contributed by atoms with Crippen LogP contribution < -0.4 is 4.90 Å². The highest BCUT2D eigenvalue weighted by atomic mass is 19.1. The van der Waals surface area contributed by atoms with Crippen LogP contribution in [-0.4, -0.2) is 41.5 Å². The van der Waals surface area contributed by atoms with Gasteiger partial charge in [0, 0.05) is 19.7 Å². The number of aliphatic hydroxyl groups is 1. The van der Waals surface area contributed by atoms with Gasteiger partial charge in [0.05, 0.1) is 11.3 Å². The van der Waals surface area contributed by atoms with Gasteiger partial charge in [0.15, 0.2) is 0 Å². The molecule has 1 fully saturated rings. The Hall–Kier alpha value is -3.06. The second-order valence-corrected chi connectivity index (χ2v) is 7.26. The molecule has 2 heterocycles. The zero-order chi connectivity index (χ0) is 20.5. The normalized spacial score (nSPS) is 20.0. The van der Waals surface area contributed by atoms with Crippen LogP contribution in [0.3, 0.4) is 0 Å². The minimum Gasteiger partial charge on any atom is -0.396 e. The van der Waals surface area contributed by atoms with Crippen molar-refractivity contribution in [2.75, 3.05) is 24.6 Å². The lowest BCUT2D eigenvalue weighted by Crippen LogP contribution is -2.40. The van der Waals surface area contributed by atoms with Gasteiger partial charge in [-0.2, -0.15) is 0 Å². The van der Waals surface area contributed by atoms with Gasteiger partial charge in [0.1, 0.15) is 17.3 Å². The monoisotopic (exact) mass is 398 g/mol. The van der Waals surface area contributed by atoms with Gasteiger partial charge in [-0.05, 0) is 48.6 Å². The van der Waals surface area contributed by atoms with Gasteiger partial charge >= 0.3 is 0 Å². The van der Waals surface area contributed by atoms with E-state index in [-0.39, 0.29) is 29.5 Å². The Bertz CT molecular complexity index is 988. The maximum Gasteiger partial charge on any atom is 0.282 e. The van der Waals surface area contributed by atoms with Crippen LogP contribution in [0.4, 0.5) is 14.5 Å². The van der Waals surface area contributed by atoms with Crippen molar-refractivity contribution in [2.45, 2.75) is 12.8 Å². The molecule has 1 saturated heterocycles. The van der Waals surface area contributed by atoms with E-state index in [0.29, 0.717) is 18.7 Å². The number of carbonyl (C=O) groups excluding carboxylic acids is 2. The number of hydrogen-bond acceptors (Lipinski definition) is 4. The van der Waals surface area contributed by atoms with E-state index in [1.54, 1.807) is 11.0 Å². The lowest BCUT2D eigenvalue weighted by Gasteiger charge is -2.34. The molecule has 1 N–H and O–H groups in total. The first kappa shape index (κ1) is 19.3. The fourth-order valence-electron chi connectivity index (χ4n) is 3.96. The standard InChI is InChI=1S/C22H20F2N2O3/c23-16-9-7-15(8-10-16)19-20(25-11-3-4-14(12-25)13-27)22(29)26(21(19)28)18-6-2-1-5-17(18)24/h1-2,5-10,14,27H,3-4,11-13H2. The van der Waals surface area contributed by atoms with Crippen LogP contribution in [0, 0.1) is 17.6 Å². The van der Waals surface area contributed by atoms with Crippen molar-refractivity contribution >= 4 is 23.1 Å². The summed E-state index contributed by atoms with van der Waals surface area (Å²) in [7, 11) is 0. The van der Waals surface area contributed by atoms with E-state index in [4.69, 9.17) is 0 Å². The number of amides is 2. The van der Waals surface area contributed by atoms with Crippen molar-refractivity contribution in [3.05, 3.63) is 71.4 Å². The van der Waals surface area contributed by atoms with Gasteiger partial charge in [-0.25, -0.2) is 13.7 Å². The first-order chi connectivity index (χ1) is 14.0. The summed E-state index contributed by atoms with van der Waals surface area (Å²) in [4.78, 5) is 29.2. The Labute approximate surface area is 166 Å². The molecule has 29 heavy (non-hydrogen) atoms. The molecular formula is C22H20F2N2O3. The molecule has 2 aromatic carbocycles. The van der Waals surface area contributed by atoms with E-state index >= 15 is 0 Å². The van der Waals surface area contributed by atoms with Gasteiger partial charge in [-0.15, -0.1) is 0 Å². The Morgan fingerprint density at radius 1 is 1.00 bits per heavy atom. The zero-order valence-corrected chi connectivity index (χ0v) is 15.6. The van der Waals surface area contributed by atoms with Crippen LogP contribution in [0.25, 0.3) is 5.57 Å². The van der Waals surface area contributed by atoms with Gasteiger partial charge < -0.3 is 10.0 Å². The van der Waals surface area contributed by atoms with E-state index in [1.807, 2.05) is 0 Å². The number of aliphatic hydroxyl groups excluding tert-OH is 1. The Morgan fingerprint density at radius 2 is 1.72 bits per heavy atom. The summed E-state index contributed by atoms with van der Waals surface area (Å²) in [6, 6.07) is 10.9. The number of halogens is 2. The minimum absolute atomic E-state index is 0.0175. The highest BCUT2D eigenvalue weighted by Gasteiger charge is 2.44. The summed E-state index contributed by atoms with van der Waals surface area (Å²) in [5.41, 5.74) is 0.567. The number of likely N-dealkylation sites (tertiary alicyclic amines) is 1. The Balaban J connectivity index is 1.83. The lowest BCUT2D eigenvalue weighted by molar-refractivity contribution is -0.121. The molecular weight excluding hydrogens is 378 g/mol. The SMILES string of the molecule is O=C1C(c2ccc(F)cc2)=C(N2CCCC(CO)C2)C(=O)N1c1ccccc1F. The molecule has 150 valence electrons. The Morgan fingerprint density at radius 3 is 2.41 bits per heavy atom. The number of rotatable bonds is 4. The number of benzene rings is 2. The molecule has 2 aromatic rings. The maximum absolute atomic E-state index is 14.4. The van der Waals surface area contributed by atoms with Crippen molar-refractivity contribution in [2.24, 2.45) is 5.92 Å². The predicted molar refractivity (Wildman–Crippen MR) is 104 cm³/mol. The number of para-hydroxylation sites is 1. The van der Waals surface area contributed by atoms with E-state index in [0.717, 1.165) is 17.7 Å². The second-order valence-electron chi connectivity index (χ2n) is 7.26. The first-order valence-electron chi connectivity index (χ1n) is 9.50. The maximum atomic E-state index is 14.4. The molecule has 0 aliphatic carbocycles. The fourth-order valence-corrected chi connectivity index (χ4v) is 3.96. The number of anilines is 1. The molecule has 0 spiro atoms. The van der Waals surface area contributed by atoms with E-state index in [2.05, 4.69) is 0 Å². The van der Waals surface area contributed by atoms with Crippen LogP contribution in [0.1, 0.15) is 18.4 Å². The smallest absolute Gasteiger partial charge is 0.282 e. The molecule has 7 heteroatoms. The fraction of sp³-hybridized carbons (Fsp3) is 0.273. The van der Waals surface area contributed by atoms with Crippen molar-refractivity contribution in [1.29, 1.82) is 0 Å². The number of imide groups is 1. The van der Waals surface area contributed by atoms with Crippen LogP contribution >= 0.6 is 0 Å². The number of hydrogen-bond donors (Lipinski definition) is 1. The molecule has 0 saturated carbocycles. The molecule has 0 bridgehead atoms. The summed E-state index contributed by atoms with van der Waals surface area (Å²) in [5.74, 6) is -2.42. The van der Waals surface area contributed by atoms with Crippen molar-refractivity contribution < 1.29 is 23.5 Å². The van der Waals surface area contributed by atoms with Crippen LogP contribution in [0.5, 0.6) is 0 Å². The minimum atomic E-state index is -0.680. The summed E-state index contributed by atoms with van der Waals surface area (Å²) < 4.78 is 27.8. The lowest BCUT2D eigenvalue weighted by atomic mass is 9.97. The summed E-state index contributed by atoms with van der Waals surface area (Å²) >= 11 is 0. The molecule has 5 nitrogen and oxygen atoms in total. The highest BCUT2D eigenvalue weighted by molar-refractivity contribution is 6.45. The number of carbonyl (C=O) groups is 2. The third kappa shape index (κ3) is 3.42. The van der Waals surface area contributed by atoms with Gasteiger partial charge in [0.25, 0.3) is 11.8 Å². The molecule has 2 amide bonds. The average molecular weight is 398 g/mol. The van der Waals surface area contributed by atoms with Crippen molar-refractivity contribution in [3.8, 4) is 0 Å². The summed E-state index contributed by atoms with van der Waals surface area (Å²) in [6.07, 6.45) is 1.58.